The Morgan fingerprint density at radius 2 is 2.00 bits per heavy atom. The summed E-state index contributed by atoms with van der Waals surface area (Å²) in [4.78, 5) is 22.0. The lowest BCUT2D eigenvalue weighted by atomic mass is 9.92. The molecule has 2 N–H and O–H groups in total. The van der Waals surface area contributed by atoms with Gasteiger partial charge in [-0.3, -0.25) is 4.79 Å². The molecule has 15 heavy (non-hydrogen) atoms. The molecule has 0 aliphatic rings. The van der Waals surface area contributed by atoms with Crippen molar-refractivity contribution >= 4 is 11.9 Å². The third-order valence-electron chi connectivity index (χ3n) is 1.92. The molecule has 5 nitrogen and oxygen atoms in total. The highest BCUT2D eigenvalue weighted by Gasteiger charge is 2.25. The minimum absolute atomic E-state index is 0.0542. The fraction of sp³-hybridized carbons (Fsp3) is 0.600. The van der Waals surface area contributed by atoms with Gasteiger partial charge in [0.2, 0.25) is 5.91 Å². The van der Waals surface area contributed by atoms with Gasteiger partial charge in [0.1, 0.15) is 0 Å². The molecule has 0 aromatic carbocycles. The van der Waals surface area contributed by atoms with Crippen LogP contribution in [0.1, 0.15) is 13.8 Å². The molecule has 0 atom stereocenters. The van der Waals surface area contributed by atoms with Crippen LogP contribution in [0.5, 0.6) is 0 Å². The Labute approximate surface area is 89.9 Å². The predicted octanol–water partition coefficient (Wildman–Crippen LogP) is 0.0349. The Kier molecular flexibility index (Phi) is 5.44. The number of methoxy groups -OCH3 is 1. The van der Waals surface area contributed by atoms with E-state index in [2.05, 4.69) is 15.4 Å². The quantitative estimate of drug-likeness (QED) is 0.500. The molecule has 0 radical (unpaired) electrons. The zero-order valence-corrected chi connectivity index (χ0v) is 9.59. The molecule has 0 saturated carbocycles. The first-order valence-electron chi connectivity index (χ1n) is 4.64. The SMILES string of the molecule is CNC(=O)C(C)(C)CN/C=C/C(=O)OC. The van der Waals surface area contributed by atoms with E-state index in [-0.39, 0.29) is 5.91 Å². The van der Waals surface area contributed by atoms with Crippen molar-refractivity contribution in [1.82, 2.24) is 10.6 Å². The van der Waals surface area contributed by atoms with Gasteiger partial charge in [0, 0.05) is 25.9 Å². The molecular formula is C10H18N2O3. The second-order valence-electron chi connectivity index (χ2n) is 3.70. The fourth-order valence-electron chi connectivity index (χ4n) is 0.928. The van der Waals surface area contributed by atoms with Crippen LogP contribution in [0.25, 0.3) is 0 Å². The molecule has 86 valence electrons. The van der Waals surface area contributed by atoms with Crippen LogP contribution in [0.4, 0.5) is 0 Å². The normalized spacial score (nSPS) is 11.2. The number of carbonyl (C=O) groups is 2. The molecule has 0 aliphatic carbocycles. The molecule has 0 saturated heterocycles. The average Bonchev–Trinajstić information content (AvgIpc) is 2.22. The van der Waals surface area contributed by atoms with Gasteiger partial charge in [0.25, 0.3) is 0 Å². The van der Waals surface area contributed by atoms with E-state index in [0.717, 1.165) is 0 Å². The molecule has 0 heterocycles. The van der Waals surface area contributed by atoms with E-state index in [0.29, 0.717) is 6.54 Å². The Bertz CT molecular complexity index is 259. The van der Waals surface area contributed by atoms with Crippen molar-refractivity contribution in [3.63, 3.8) is 0 Å². The summed E-state index contributed by atoms with van der Waals surface area (Å²) in [6.45, 7) is 4.07. The van der Waals surface area contributed by atoms with Crippen LogP contribution in [-0.4, -0.2) is 32.6 Å². The Morgan fingerprint density at radius 1 is 1.40 bits per heavy atom. The van der Waals surface area contributed by atoms with Crippen molar-refractivity contribution in [2.75, 3.05) is 20.7 Å². The number of ether oxygens (including phenoxy) is 1. The first-order chi connectivity index (χ1) is 6.94. The first-order valence-corrected chi connectivity index (χ1v) is 4.64. The summed E-state index contributed by atoms with van der Waals surface area (Å²) < 4.78 is 4.41. The number of carbonyl (C=O) groups excluding carboxylic acids is 2. The summed E-state index contributed by atoms with van der Waals surface area (Å²) in [5, 5.41) is 5.44. The van der Waals surface area contributed by atoms with Crippen LogP contribution in [0.2, 0.25) is 0 Å². The van der Waals surface area contributed by atoms with E-state index in [9.17, 15) is 9.59 Å². The highest BCUT2D eigenvalue weighted by Crippen LogP contribution is 2.12. The van der Waals surface area contributed by atoms with Crippen LogP contribution in [0.3, 0.4) is 0 Å². The maximum atomic E-state index is 11.4. The summed E-state index contributed by atoms with van der Waals surface area (Å²) in [6.07, 6.45) is 2.73. The van der Waals surface area contributed by atoms with Crippen LogP contribution in [0, 0.1) is 5.41 Å². The van der Waals surface area contributed by atoms with Crippen LogP contribution < -0.4 is 10.6 Å². The monoisotopic (exact) mass is 214 g/mol. The molecule has 0 bridgehead atoms. The van der Waals surface area contributed by atoms with Crippen LogP contribution in [0.15, 0.2) is 12.3 Å². The second kappa shape index (κ2) is 6.06. The van der Waals surface area contributed by atoms with Gasteiger partial charge in [-0.2, -0.15) is 0 Å². The van der Waals surface area contributed by atoms with Crippen molar-refractivity contribution in [2.45, 2.75) is 13.8 Å². The summed E-state index contributed by atoms with van der Waals surface area (Å²) >= 11 is 0. The van der Waals surface area contributed by atoms with Crippen molar-refractivity contribution in [3.8, 4) is 0 Å². The zero-order valence-electron chi connectivity index (χ0n) is 9.59. The van der Waals surface area contributed by atoms with Gasteiger partial charge in [0.15, 0.2) is 0 Å². The number of hydrogen-bond donors (Lipinski definition) is 2. The Morgan fingerprint density at radius 3 is 2.47 bits per heavy atom. The van der Waals surface area contributed by atoms with E-state index in [1.54, 1.807) is 7.05 Å². The van der Waals surface area contributed by atoms with Crippen molar-refractivity contribution < 1.29 is 14.3 Å². The fourth-order valence-corrected chi connectivity index (χ4v) is 0.928. The average molecular weight is 214 g/mol. The van der Waals surface area contributed by atoms with Crippen molar-refractivity contribution in [3.05, 3.63) is 12.3 Å². The third kappa shape index (κ3) is 5.05. The van der Waals surface area contributed by atoms with E-state index in [1.165, 1.54) is 19.4 Å². The zero-order chi connectivity index (χ0) is 11.9. The number of nitrogens with one attached hydrogen (secondary N) is 2. The van der Waals surface area contributed by atoms with Gasteiger partial charge in [0.05, 0.1) is 12.5 Å². The maximum Gasteiger partial charge on any atom is 0.331 e. The predicted molar refractivity (Wildman–Crippen MR) is 57.0 cm³/mol. The maximum absolute atomic E-state index is 11.4. The number of amides is 1. The summed E-state index contributed by atoms with van der Waals surface area (Å²) in [5.41, 5.74) is -0.519. The minimum atomic E-state index is -0.519. The molecule has 0 aromatic rings. The summed E-state index contributed by atoms with van der Waals surface area (Å²) in [6, 6.07) is 0. The molecule has 0 aromatic heterocycles. The van der Waals surface area contributed by atoms with E-state index in [1.807, 2.05) is 13.8 Å². The molecule has 0 spiro atoms. The van der Waals surface area contributed by atoms with Gasteiger partial charge in [-0.15, -0.1) is 0 Å². The molecule has 5 heteroatoms. The molecule has 0 rings (SSSR count). The third-order valence-corrected chi connectivity index (χ3v) is 1.92. The topological polar surface area (TPSA) is 67.4 Å². The van der Waals surface area contributed by atoms with Gasteiger partial charge >= 0.3 is 5.97 Å². The van der Waals surface area contributed by atoms with E-state index >= 15 is 0 Å². The lowest BCUT2D eigenvalue weighted by Crippen LogP contribution is -2.40. The highest BCUT2D eigenvalue weighted by atomic mass is 16.5. The van der Waals surface area contributed by atoms with Crippen LogP contribution in [-0.2, 0) is 14.3 Å². The molecular weight excluding hydrogens is 196 g/mol. The first kappa shape index (κ1) is 13.5. The van der Waals surface area contributed by atoms with Gasteiger partial charge in [-0.05, 0) is 13.8 Å². The minimum Gasteiger partial charge on any atom is -0.466 e. The van der Waals surface area contributed by atoms with Gasteiger partial charge in [-0.25, -0.2) is 4.79 Å². The largest absolute Gasteiger partial charge is 0.466 e. The molecule has 0 aliphatic heterocycles. The van der Waals surface area contributed by atoms with E-state index < -0.39 is 11.4 Å². The highest BCUT2D eigenvalue weighted by molar-refractivity contribution is 5.82. The molecule has 1 amide bonds. The summed E-state index contributed by atoms with van der Waals surface area (Å²) in [7, 11) is 2.90. The van der Waals surface area contributed by atoms with Crippen molar-refractivity contribution in [2.24, 2.45) is 5.41 Å². The van der Waals surface area contributed by atoms with Gasteiger partial charge in [-0.1, -0.05) is 0 Å². The second-order valence-corrected chi connectivity index (χ2v) is 3.70. The van der Waals surface area contributed by atoms with Gasteiger partial charge < -0.3 is 15.4 Å². The van der Waals surface area contributed by atoms with E-state index in [4.69, 9.17) is 0 Å². The molecule has 0 fully saturated rings. The van der Waals surface area contributed by atoms with Crippen LogP contribution >= 0.6 is 0 Å². The lowest BCUT2D eigenvalue weighted by molar-refractivity contribution is -0.134. The number of rotatable bonds is 5. The standard InChI is InChI=1S/C10H18N2O3/c1-10(2,9(14)11-3)7-12-6-5-8(13)15-4/h5-6,12H,7H2,1-4H3,(H,11,14)/b6-5+. The van der Waals surface area contributed by atoms with Crippen molar-refractivity contribution in [1.29, 1.82) is 0 Å². The Balaban J connectivity index is 4.00. The lowest BCUT2D eigenvalue weighted by Gasteiger charge is -2.22. The summed E-state index contributed by atoms with van der Waals surface area (Å²) in [5.74, 6) is -0.485. The Hall–Kier alpha value is -1.52. The number of hydrogen-bond acceptors (Lipinski definition) is 4. The molecule has 0 unspecified atom stereocenters. The smallest absolute Gasteiger partial charge is 0.331 e. The number of esters is 1.